The first kappa shape index (κ1) is 31.8. The summed E-state index contributed by atoms with van der Waals surface area (Å²) in [6.45, 7) is 2.88. The van der Waals surface area contributed by atoms with E-state index in [2.05, 4.69) is 40.0 Å². The molecular weight excluding hydrogens is 590 g/mol. The molecule has 9 nitrogen and oxygen atoms in total. The standard InChI is InChI=1S/C35H38ClN5O4/c1-24-23-38-33(40(19-17-25-9-5-3-6-10-25)20-18-26-11-7-4-8-12-26)35(44)41(24)39-34(43)32(27-13-14-27)45-30-16-15-29(36)21-28(30)22-31(42)37-2/h3-12,15-16,21,23,27,32H,13-14,17-20,22H2,1-2H3,(H,37,42)(H,39,43). The fraction of sp³-hybridized carbons (Fsp3) is 0.314. The van der Waals surface area contributed by atoms with E-state index in [-0.39, 0.29) is 24.1 Å². The van der Waals surface area contributed by atoms with Gasteiger partial charge in [0.05, 0.1) is 18.3 Å². The molecule has 1 aliphatic carbocycles. The second-order valence-corrected chi connectivity index (χ2v) is 11.7. The summed E-state index contributed by atoms with van der Waals surface area (Å²) < 4.78 is 7.50. The highest BCUT2D eigenvalue weighted by Gasteiger charge is 2.39. The minimum Gasteiger partial charge on any atom is -0.480 e. The lowest BCUT2D eigenvalue weighted by Crippen LogP contribution is -2.45. The van der Waals surface area contributed by atoms with Gasteiger partial charge in [-0.15, -0.1) is 0 Å². The van der Waals surface area contributed by atoms with Crippen molar-refractivity contribution in [2.24, 2.45) is 5.92 Å². The highest BCUT2D eigenvalue weighted by atomic mass is 35.5. The minimum atomic E-state index is -0.857. The second kappa shape index (κ2) is 14.9. The number of aromatic nitrogens is 2. The third-order valence-electron chi connectivity index (χ3n) is 7.88. The SMILES string of the molecule is CNC(=O)Cc1cc(Cl)ccc1OC(C(=O)Nn1c(C)cnc(N(CCc2ccccc2)CCc2ccccc2)c1=O)C1CC1. The van der Waals surface area contributed by atoms with Gasteiger partial charge in [-0.1, -0.05) is 72.3 Å². The van der Waals surface area contributed by atoms with Gasteiger partial charge in [0.2, 0.25) is 5.91 Å². The molecule has 0 radical (unpaired) electrons. The molecule has 0 aliphatic heterocycles. The van der Waals surface area contributed by atoms with E-state index >= 15 is 0 Å². The van der Waals surface area contributed by atoms with Gasteiger partial charge in [-0.2, -0.15) is 0 Å². The topological polar surface area (TPSA) is 106 Å². The molecule has 0 spiro atoms. The third-order valence-corrected chi connectivity index (χ3v) is 8.12. The largest absolute Gasteiger partial charge is 0.480 e. The van der Waals surface area contributed by atoms with Gasteiger partial charge >= 0.3 is 5.56 Å². The summed E-state index contributed by atoms with van der Waals surface area (Å²) in [5.74, 6) is 0.00905. The molecule has 234 valence electrons. The smallest absolute Gasteiger partial charge is 0.312 e. The highest BCUT2D eigenvalue weighted by Crippen LogP contribution is 2.36. The molecule has 1 fully saturated rings. The third kappa shape index (κ3) is 8.51. The molecule has 45 heavy (non-hydrogen) atoms. The fourth-order valence-electron chi connectivity index (χ4n) is 5.16. The minimum absolute atomic E-state index is 0.0147. The second-order valence-electron chi connectivity index (χ2n) is 11.3. The highest BCUT2D eigenvalue weighted by molar-refractivity contribution is 6.30. The van der Waals surface area contributed by atoms with Gasteiger partial charge in [0, 0.05) is 36.6 Å². The van der Waals surface area contributed by atoms with Gasteiger partial charge < -0.3 is 15.0 Å². The Morgan fingerprint density at radius 1 is 1.00 bits per heavy atom. The van der Waals surface area contributed by atoms with E-state index < -0.39 is 17.6 Å². The Morgan fingerprint density at radius 2 is 1.62 bits per heavy atom. The number of aryl methyl sites for hydroxylation is 1. The Morgan fingerprint density at radius 3 is 2.20 bits per heavy atom. The first-order valence-corrected chi connectivity index (χ1v) is 15.6. The molecule has 2 amide bonds. The number of hydrogen-bond acceptors (Lipinski definition) is 6. The summed E-state index contributed by atoms with van der Waals surface area (Å²) in [5.41, 5.74) is 5.78. The maximum atomic E-state index is 13.9. The zero-order valence-electron chi connectivity index (χ0n) is 25.5. The number of amides is 2. The van der Waals surface area contributed by atoms with Crippen molar-refractivity contribution < 1.29 is 14.3 Å². The number of ether oxygens (including phenoxy) is 1. The van der Waals surface area contributed by atoms with Crippen LogP contribution in [-0.4, -0.2) is 47.7 Å². The molecule has 0 bridgehead atoms. The van der Waals surface area contributed by atoms with E-state index in [1.165, 1.54) is 4.68 Å². The quantitative estimate of drug-likeness (QED) is 0.210. The molecule has 1 aromatic heterocycles. The summed E-state index contributed by atoms with van der Waals surface area (Å²) in [4.78, 5) is 46.3. The number of carbonyl (C=O) groups is 2. The lowest BCUT2D eigenvalue weighted by atomic mass is 10.1. The number of nitrogens with zero attached hydrogens (tertiary/aromatic N) is 3. The average molecular weight is 628 g/mol. The van der Waals surface area contributed by atoms with Crippen molar-refractivity contribution in [1.29, 1.82) is 0 Å². The number of hydrogen-bond donors (Lipinski definition) is 2. The van der Waals surface area contributed by atoms with E-state index in [9.17, 15) is 14.4 Å². The number of likely N-dealkylation sites (N-methyl/N-ethyl adjacent to an activating group) is 1. The van der Waals surface area contributed by atoms with E-state index in [0.717, 1.165) is 36.8 Å². The summed E-state index contributed by atoms with van der Waals surface area (Å²) in [6, 6.07) is 25.2. The predicted molar refractivity (Wildman–Crippen MR) is 176 cm³/mol. The van der Waals surface area contributed by atoms with Crippen molar-refractivity contribution in [2.75, 3.05) is 30.5 Å². The predicted octanol–water partition coefficient (Wildman–Crippen LogP) is 4.71. The van der Waals surface area contributed by atoms with E-state index in [0.29, 0.717) is 35.1 Å². The van der Waals surface area contributed by atoms with Crippen LogP contribution < -0.4 is 25.9 Å². The Kier molecular flexibility index (Phi) is 10.5. The van der Waals surface area contributed by atoms with Crippen LogP contribution in [0.5, 0.6) is 5.75 Å². The Labute approximate surface area is 268 Å². The molecule has 1 saturated carbocycles. The molecule has 1 atom stereocenters. The lowest BCUT2D eigenvalue weighted by molar-refractivity contribution is -0.124. The van der Waals surface area contributed by atoms with Gasteiger partial charge in [0.15, 0.2) is 11.9 Å². The van der Waals surface area contributed by atoms with Crippen LogP contribution in [0.2, 0.25) is 5.02 Å². The van der Waals surface area contributed by atoms with Crippen LogP contribution >= 0.6 is 11.6 Å². The molecule has 0 saturated heterocycles. The Hall–Kier alpha value is -4.63. The van der Waals surface area contributed by atoms with Crippen LogP contribution in [0.4, 0.5) is 5.82 Å². The number of benzene rings is 3. The zero-order valence-corrected chi connectivity index (χ0v) is 26.3. The molecular formula is C35H38ClN5O4. The van der Waals surface area contributed by atoms with Crippen LogP contribution in [0.15, 0.2) is 89.9 Å². The normalized spacial score (nSPS) is 13.1. The van der Waals surface area contributed by atoms with Crippen molar-refractivity contribution in [1.82, 2.24) is 15.0 Å². The van der Waals surface area contributed by atoms with Gasteiger partial charge in [-0.3, -0.25) is 19.8 Å². The Balaban J connectivity index is 1.38. The fourth-order valence-corrected chi connectivity index (χ4v) is 5.36. The summed E-state index contributed by atoms with van der Waals surface area (Å²) in [7, 11) is 1.56. The van der Waals surface area contributed by atoms with Crippen LogP contribution in [0.1, 0.15) is 35.2 Å². The van der Waals surface area contributed by atoms with E-state index in [1.54, 1.807) is 38.4 Å². The van der Waals surface area contributed by atoms with E-state index in [4.69, 9.17) is 16.3 Å². The van der Waals surface area contributed by atoms with Crippen molar-refractivity contribution in [3.63, 3.8) is 0 Å². The van der Waals surface area contributed by atoms with E-state index in [1.807, 2.05) is 41.3 Å². The summed E-state index contributed by atoms with van der Waals surface area (Å²) in [6.07, 6.45) is 3.89. The summed E-state index contributed by atoms with van der Waals surface area (Å²) in [5, 5.41) is 3.06. The van der Waals surface area contributed by atoms with Crippen LogP contribution in [0, 0.1) is 12.8 Å². The number of nitrogens with one attached hydrogen (secondary N) is 2. The lowest BCUT2D eigenvalue weighted by Gasteiger charge is -2.25. The van der Waals surface area contributed by atoms with Crippen molar-refractivity contribution in [3.05, 3.63) is 123 Å². The van der Waals surface area contributed by atoms with Crippen LogP contribution in [0.3, 0.4) is 0 Å². The molecule has 3 aromatic carbocycles. The molecule has 5 rings (SSSR count). The number of anilines is 1. The van der Waals surface area contributed by atoms with Crippen molar-refractivity contribution in [2.45, 2.75) is 45.1 Å². The Bertz CT molecular complexity index is 1630. The summed E-state index contributed by atoms with van der Waals surface area (Å²) >= 11 is 6.20. The molecule has 2 N–H and O–H groups in total. The molecule has 1 heterocycles. The maximum absolute atomic E-state index is 13.9. The van der Waals surface area contributed by atoms with Gasteiger partial charge in [-0.25, -0.2) is 9.66 Å². The molecule has 10 heteroatoms. The molecule has 1 aliphatic rings. The van der Waals surface area contributed by atoms with Crippen LogP contribution in [0.25, 0.3) is 0 Å². The molecule has 4 aromatic rings. The van der Waals surface area contributed by atoms with Crippen molar-refractivity contribution in [3.8, 4) is 5.75 Å². The first-order chi connectivity index (χ1) is 21.8. The molecule has 1 unspecified atom stereocenters. The average Bonchev–Trinajstić information content (AvgIpc) is 3.89. The van der Waals surface area contributed by atoms with Crippen molar-refractivity contribution >= 4 is 29.2 Å². The monoisotopic (exact) mass is 627 g/mol. The van der Waals surface area contributed by atoms with Crippen LogP contribution in [-0.2, 0) is 28.9 Å². The first-order valence-electron chi connectivity index (χ1n) is 15.2. The van der Waals surface area contributed by atoms with Gasteiger partial charge in [0.1, 0.15) is 5.75 Å². The van der Waals surface area contributed by atoms with Gasteiger partial charge in [-0.05, 0) is 61.9 Å². The van der Waals surface area contributed by atoms with Gasteiger partial charge in [0.25, 0.3) is 5.91 Å². The number of carbonyl (C=O) groups excluding carboxylic acids is 2. The number of rotatable bonds is 14. The number of halogens is 1. The maximum Gasteiger partial charge on any atom is 0.312 e. The zero-order chi connectivity index (χ0) is 31.8.